The number of fused-ring (bicyclic) bond motifs is 1. The number of aromatic nitrogens is 2. The molecule has 3 aromatic carbocycles. The van der Waals surface area contributed by atoms with Crippen LogP contribution in [0.15, 0.2) is 100 Å². The average molecular weight is 526 g/mol. The van der Waals surface area contributed by atoms with Crippen LogP contribution in [0.2, 0.25) is 0 Å². The fourth-order valence-corrected chi connectivity index (χ4v) is 6.11. The number of ketones is 1. The number of nitrogens with zero attached hydrogens (tertiary/aromatic N) is 4. The van der Waals surface area contributed by atoms with Gasteiger partial charge >= 0.3 is 0 Å². The first-order valence-corrected chi connectivity index (χ1v) is 13.2. The van der Waals surface area contributed by atoms with Crippen molar-refractivity contribution in [1.29, 1.82) is 5.26 Å². The third kappa shape index (κ3) is 3.90. The maximum absolute atomic E-state index is 13.8. The second-order valence-electron chi connectivity index (χ2n) is 8.65. The normalized spacial score (nSPS) is 14.1. The Morgan fingerprint density at radius 1 is 0.947 bits per heavy atom. The number of anilines is 1. The number of hydrogen-bond donors (Lipinski definition) is 1. The maximum Gasteiger partial charge on any atom is 0.295 e. The van der Waals surface area contributed by atoms with E-state index < -0.39 is 22.4 Å². The summed E-state index contributed by atoms with van der Waals surface area (Å²) in [6.45, 7) is 1.17. The van der Waals surface area contributed by atoms with Crippen molar-refractivity contribution in [2.45, 2.75) is 11.8 Å². The number of nitriles is 1. The highest BCUT2D eigenvalue weighted by atomic mass is 32.2. The molecule has 4 aromatic rings. The second-order valence-corrected chi connectivity index (χ2v) is 10.5. The predicted molar refractivity (Wildman–Crippen MR) is 143 cm³/mol. The molecule has 2 heterocycles. The number of para-hydroxylation sites is 1. The van der Waals surface area contributed by atoms with E-state index in [0.29, 0.717) is 11.4 Å². The second kappa shape index (κ2) is 9.53. The average Bonchev–Trinajstić information content (AvgIpc) is 3.15. The minimum atomic E-state index is -4.23. The molecule has 190 valence electrons. The molecule has 0 amide bonds. The van der Waals surface area contributed by atoms with E-state index in [0.717, 1.165) is 4.31 Å². The number of hydrogen-bond acceptors (Lipinski definition) is 6. The molecule has 0 unspecified atom stereocenters. The van der Waals surface area contributed by atoms with Crippen LogP contribution in [0.1, 0.15) is 21.6 Å². The Balaban J connectivity index is 1.80. The minimum absolute atomic E-state index is 0.0701. The van der Waals surface area contributed by atoms with Gasteiger partial charge in [0.1, 0.15) is 17.9 Å². The van der Waals surface area contributed by atoms with E-state index >= 15 is 0 Å². The molecule has 0 spiro atoms. The van der Waals surface area contributed by atoms with E-state index in [1.165, 1.54) is 10.7 Å². The van der Waals surface area contributed by atoms with Crippen LogP contribution in [0.25, 0.3) is 11.4 Å². The number of Topliss-reactive ketones (excluding diaryl/α,β-unsaturated/α-hetero) is 1. The summed E-state index contributed by atoms with van der Waals surface area (Å²) in [5.74, 6) is -0.599. The highest BCUT2D eigenvalue weighted by Gasteiger charge is 2.40. The summed E-state index contributed by atoms with van der Waals surface area (Å²) in [6.07, 6.45) is 0. The lowest BCUT2D eigenvalue weighted by molar-refractivity contribution is 0.101. The van der Waals surface area contributed by atoms with Crippen LogP contribution in [0.5, 0.6) is 0 Å². The molecule has 5 rings (SSSR count). The Kier molecular flexibility index (Phi) is 6.22. The van der Waals surface area contributed by atoms with Crippen LogP contribution in [0.3, 0.4) is 0 Å². The SMILES string of the molecule is Cc1c(NC2=C(C(=O)c3ccccc3)N(CC#N)S(=O)(=O)c3ccccc32)c(=O)n(-c2ccccc2)n1C. The topological polar surface area (TPSA) is 117 Å². The maximum atomic E-state index is 13.8. The van der Waals surface area contributed by atoms with Crippen molar-refractivity contribution in [3.8, 4) is 11.8 Å². The number of carbonyl (C=O) groups is 1. The first-order valence-electron chi connectivity index (χ1n) is 11.7. The van der Waals surface area contributed by atoms with Crippen molar-refractivity contribution in [1.82, 2.24) is 13.7 Å². The minimum Gasteiger partial charge on any atom is -0.347 e. The molecule has 38 heavy (non-hydrogen) atoms. The van der Waals surface area contributed by atoms with Gasteiger partial charge in [-0.05, 0) is 25.1 Å². The first-order chi connectivity index (χ1) is 18.3. The van der Waals surface area contributed by atoms with Crippen LogP contribution in [0.4, 0.5) is 5.69 Å². The molecule has 1 aliphatic rings. The Labute approximate surface area is 219 Å². The van der Waals surface area contributed by atoms with Crippen molar-refractivity contribution in [3.05, 3.63) is 118 Å². The van der Waals surface area contributed by atoms with Crippen molar-refractivity contribution in [2.24, 2.45) is 7.05 Å². The summed E-state index contributed by atoms with van der Waals surface area (Å²) in [6, 6.07) is 25.4. The molecule has 0 aliphatic carbocycles. The molecule has 0 saturated heterocycles. The zero-order chi connectivity index (χ0) is 27.0. The van der Waals surface area contributed by atoms with Gasteiger partial charge in [-0.25, -0.2) is 17.4 Å². The standard InChI is InChI=1S/C28H23N5O4S/c1-19-24(28(35)33(31(19)2)21-13-7-4-8-14-21)30-25-22-15-9-10-16-23(22)38(36,37)32(18-17-29)26(25)27(34)20-11-5-3-6-12-20/h3-16,30H,18H2,1-2H3. The number of carbonyl (C=O) groups excluding carboxylic acids is 1. The third-order valence-corrected chi connectivity index (χ3v) is 8.28. The molecule has 0 fully saturated rings. The lowest BCUT2D eigenvalue weighted by Crippen LogP contribution is -2.39. The summed E-state index contributed by atoms with van der Waals surface area (Å²) < 4.78 is 31.2. The summed E-state index contributed by atoms with van der Waals surface area (Å²) in [5.41, 5.74) is 1.37. The smallest absolute Gasteiger partial charge is 0.295 e. The van der Waals surface area contributed by atoms with E-state index in [2.05, 4.69) is 5.32 Å². The van der Waals surface area contributed by atoms with E-state index in [1.54, 1.807) is 79.3 Å². The number of rotatable bonds is 6. The van der Waals surface area contributed by atoms with Crippen LogP contribution < -0.4 is 10.9 Å². The van der Waals surface area contributed by atoms with Gasteiger partial charge < -0.3 is 5.32 Å². The van der Waals surface area contributed by atoms with Gasteiger partial charge in [-0.1, -0.05) is 66.7 Å². The summed E-state index contributed by atoms with van der Waals surface area (Å²) in [5, 5.41) is 12.7. The number of benzene rings is 3. The fraction of sp³-hybridized carbons (Fsp3) is 0.107. The van der Waals surface area contributed by atoms with E-state index in [1.807, 2.05) is 24.3 Å². The zero-order valence-electron chi connectivity index (χ0n) is 20.6. The van der Waals surface area contributed by atoms with Crippen LogP contribution in [-0.4, -0.2) is 34.4 Å². The van der Waals surface area contributed by atoms with Gasteiger partial charge in [0.15, 0.2) is 0 Å². The Morgan fingerprint density at radius 2 is 1.55 bits per heavy atom. The quantitative estimate of drug-likeness (QED) is 0.303. The molecule has 10 heteroatoms. The molecular weight excluding hydrogens is 502 g/mol. The van der Waals surface area contributed by atoms with E-state index in [9.17, 15) is 23.3 Å². The van der Waals surface area contributed by atoms with Crippen molar-refractivity contribution in [3.63, 3.8) is 0 Å². The first kappa shape index (κ1) is 24.8. The molecule has 0 radical (unpaired) electrons. The molecule has 1 aromatic heterocycles. The molecule has 0 bridgehead atoms. The molecule has 9 nitrogen and oxygen atoms in total. The Morgan fingerprint density at radius 3 is 2.21 bits per heavy atom. The van der Waals surface area contributed by atoms with Gasteiger partial charge in [-0.3, -0.25) is 14.3 Å². The molecular formula is C28H23N5O4S. The molecule has 1 aliphatic heterocycles. The highest BCUT2D eigenvalue weighted by molar-refractivity contribution is 7.89. The highest BCUT2D eigenvalue weighted by Crippen LogP contribution is 2.38. The van der Waals surface area contributed by atoms with Gasteiger partial charge in [-0.2, -0.15) is 5.26 Å². The zero-order valence-corrected chi connectivity index (χ0v) is 21.4. The lowest BCUT2D eigenvalue weighted by atomic mass is 10.0. The summed E-state index contributed by atoms with van der Waals surface area (Å²) in [7, 11) is -2.50. The number of nitrogens with one attached hydrogen (secondary N) is 1. The van der Waals surface area contributed by atoms with Crippen molar-refractivity contribution >= 4 is 27.2 Å². The Bertz CT molecular complexity index is 1800. The van der Waals surface area contributed by atoms with Crippen molar-refractivity contribution < 1.29 is 13.2 Å². The summed E-state index contributed by atoms with van der Waals surface area (Å²) in [4.78, 5) is 27.4. The van der Waals surface area contributed by atoms with Gasteiger partial charge in [0.2, 0.25) is 5.78 Å². The van der Waals surface area contributed by atoms with Gasteiger partial charge in [0.25, 0.3) is 15.6 Å². The van der Waals surface area contributed by atoms with Gasteiger partial charge in [0.05, 0.1) is 28.0 Å². The largest absolute Gasteiger partial charge is 0.347 e. The number of allylic oxidation sites excluding steroid dienone is 1. The van der Waals surface area contributed by atoms with E-state index in [4.69, 9.17) is 0 Å². The van der Waals surface area contributed by atoms with E-state index in [-0.39, 0.29) is 38.7 Å². The van der Waals surface area contributed by atoms with Gasteiger partial charge in [-0.15, -0.1) is 0 Å². The molecule has 1 N–H and O–H groups in total. The third-order valence-electron chi connectivity index (χ3n) is 6.48. The number of sulfonamides is 1. The van der Waals surface area contributed by atoms with Gasteiger partial charge in [0, 0.05) is 18.2 Å². The predicted octanol–water partition coefficient (Wildman–Crippen LogP) is 3.68. The lowest BCUT2D eigenvalue weighted by Gasteiger charge is -2.32. The summed E-state index contributed by atoms with van der Waals surface area (Å²) >= 11 is 0. The monoisotopic (exact) mass is 525 g/mol. The molecule has 0 saturated carbocycles. The fourth-order valence-electron chi connectivity index (χ4n) is 4.53. The Hall–Kier alpha value is -4.88. The van der Waals surface area contributed by atoms with Crippen LogP contribution in [-0.2, 0) is 17.1 Å². The molecule has 0 atom stereocenters. The van der Waals surface area contributed by atoms with Crippen molar-refractivity contribution in [2.75, 3.05) is 11.9 Å². The van der Waals surface area contributed by atoms with Crippen LogP contribution in [0, 0.1) is 18.3 Å². The van der Waals surface area contributed by atoms with Crippen LogP contribution >= 0.6 is 0 Å².